The Hall–Kier alpha value is -1.82. The highest BCUT2D eigenvalue weighted by atomic mass is 16.7. The molecule has 1 fully saturated rings. The van der Waals surface area contributed by atoms with Gasteiger partial charge in [0.2, 0.25) is 0 Å². The minimum absolute atomic E-state index is 0.357. The molecule has 0 spiro atoms. The van der Waals surface area contributed by atoms with Crippen LogP contribution in [-0.2, 0) is 27.1 Å². The average Bonchev–Trinajstić information content (AvgIpc) is 2.86. The summed E-state index contributed by atoms with van der Waals surface area (Å²) < 4.78 is 23.5. The van der Waals surface area contributed by atoms with Gasteiger partial charge in [0.25, 0.3) is 0 Å². The molecule has 1 heterocycles. The summed E-state index contributed by atoms with van der Waals surface area (Å²) in [6.45, 7) is 9.46. The first-order chi connectivity index (χ1) is 12.8. The van der Waals surface area contributed by atoms with Crippen molar-refractivity contribution in [2.45, 2.75) is 51.9 Å². The number of ether oxygens (including phenoxy) is 2. The second-order valence-electron chi connectivity index (χ2n) is 7.96. The van der Waals surface area contributed by atoms with Gasteiger partial charge in [0, 0.05) is 7.11 Å². The molecule has 2 aromatic carbocycles. The van der Waals surface area contributed by atoms with Crippen LogP contribution in [0.4, 0.5) is 0 Å². The van der Waals surface area contributed by atoms with E-state index in [0.717, 1.165) is 29.8 Å². The zero-order chi connectivity index (χ0) is 19.5. The van der Waals surface area contributed by atoms with Crippen molar-refractivity contribution in [3.8, 4) is 5.75 Å². The molecule has 1 aliphatic rings. The van der Waals surface area contributed by atoms with Crippen molar-refractivity contribution in [2.24, 2.45) is 0 Å². The minimum Gasteiger partial charge on any atom is -0.489 e. The molecule has 1 saturated heterocycles. The lowest BCUT2D eigenvalue weighted by Gasteiger charge is -2.32. The number of hydrogen-bond donors (Lipinski definition) is 0. The van der Waals surface area contributed by atoms with Gasteiger partial charge < -0.3 is 18.8 Å². The van der Waals surface area contributed by atoms with Crippen LogP contribution in [0.3, 0.4) is 0 Å². The van der Waals surface area contributed by atoms with Crippen LogP contribution in [0.5, 0.6) is 5.75 Å². The zero-order valence-corrected chi connectivity index (χ0v) is 17.0. The van der Waals surface area contributed by atoms with E-state index in [9.17, 15) is 0 Å². The number of benzene rings is 2. The van der Waals surface area contributed by atoms with E-state index >= 15 is 0 Å². The Morgan fingerprint density at radius 3 is 2.15 bits per heavy atom. The Morgan fingerprint density at radius 2 is 1.52 bits per heavy atom. The van der Waals surface area contributed by atoms with Crippen LogP contribution in [0.15, 0.2) is 48.5 Å². The third kappa shape index (κ3) is 4.54. The molecule has 0 N–H and O–H groups in total. The Morgan fingerprint density at radius 1 is 0.889 bits per heavy atom. The monoisotopic (exact) mass is 368 g/mol. The predicted octanol–water partition coefficient (Wildman–Crippen LogP) is 3.75. The SMILES string of the molecule is COCCc1ccc(OCc2ccccc2B2OC(C)(C)C(C)(C)O2)cc1. The fraction of sp³-hybridized carbons (Fsp3) is 0.455. The van der Waals surface area contributed by atoms with E-state index in [2.05, 4.69) is 52.0 Å². The first-order valence-corrected chi connectivity index (χ1v) is 9.46. The summed E-state index contributed by atoms with van der Waals surface area (Å²) >= 11 is 0. The lowest BCUT2D eigenvalue weighted by atomic mass is 9.76. The summed E-state index contributed by atoms with van der Waals surface area (Å²) in [6, 6.07) is 16.3. The summed E-state index contributed by atoms with van der Waals surface area (Å²) in [5.74, 6) is 0.847. The lowest BCUT2D eigenvalue weighted by Crippen LogP contribution is -2.41. The van der Waals surface area contributed by atoms with Gasteiger partial charge in [-0.05, 0) is 62.8 Å². The smallest absolute Gasteiger partial charge is 0.489 e. The fourth-order valence-corrected chi connectivity index (χ4v) is 3.00. The Labute approximate surface area is 162 Å². The van der Waals surface area contributed by atoms with Crippen molar-refractivity contribution in [2.75, 3.05) is 13.7 Å². The zero-order valence-electron chi connectivity index (χ0n) is 17.0. The van der Waals surface area contributed by atoms with Crippen LogP contribution in [0.2, 0.25) is 0 Å². The van der Waals surface area contributed by atoms with E-state index in [1.165, 1.54) is 5.56 Å². The molecule has 0 unspecified atom stereocenters. The fourth-order valence-electron chi connectivity index (χ4n) is 3.00. The lowest BCUT2D eigenvalue weighted by molar-refractivity contribution is 0.00578. The molecule has 0 bridgehead atoms. The van der Waals surface area contributed by atoms with Crippen LogP contribution < -0.4 is 10.2 Å². The molecule has 5 heteroatoms. The summed E-state index contributed by atoms with van der Waals surface area (Å²) in [5.41, 5.74) is 2.61. The Balaban J connectivity index is 1.68. The molecule has 3 rings (SSSR count). The maximum Gasteiger partial charge on any atom is 0.495 e. The van der Waals surface area contributed by atoms with Crippen molar-refractivity contribution >= 4 is 12.6 Å². The second kappa shape index (κ2) is 8.05. The maximum atomic E-state index is 6.21. The summed E-state index contributed by atoms with van der Waals surface area (Å²) in [5, 5.41) is 0. The van der Waals surface area contributed by atoms with Gasteiger partial charge in [0.1, 0.15) is 12.4 Å². The van der Waals surface area contributed by atoms with Gasteiger partial charge >= 0.3 is 7.12 Å². The van der Waals surface area contributed by atoms with Crippen molar-refractivity contribution < 1.29 is 18.8 Å². The van der Waals surface area contributed by atoms with Gasteiger partial charge in [-0.2, -0.15) is 0 Å². The molecular formula is C22H29BO4. The average molecular weight is 368 g/mol. The maximum absolute atomic E-state index is 6.21. The standard InChI is InChI=1S/C22H29BO4/c1-21(2)22(3,4)27-23(26-21)20-9-7-6-8-18(20)16-25-19-12-10-17(11-13-19)14-15-24-5/h6-13H,14-16H2,1-5H3. The van der Waals surface area contributed by atoms with E-state index in [1.54, 1.807) is 7.11 Å². The Kier molecular flexibility index (Phi) is 5.94. The molecule has 0 aliphatic carbocycles. The van der Waals surface area contributed by atoms with Crippen LogP contribution in [0.1, 0.15) is 38.8 Å². The van der Waals surface area contributed by atoms with Crippen LogP contribution >= 0.6 is 0 Å². The van der Waals surface area contributed by atoms with E-state index < -0.39 is 0 Å². The van der Waals surface area contributed by atoms with Gasteiger partial charge in [0.05, 0.1) is 17.8 Å². The van der Waals surface area contributed by atoms with Gasteiger partial charge in [-0.3, -0.25) is 0 Å². The first-order valence-electron chi connectivity index (χ1n) is 9.46. The molecule has 4 nitrogen and oxygen atoms in total. The number of rotatable bonds is 7. The molecule has 1 aliphatic heterocycles. The van der Waals surface area contributed by atoms with Crippen molar-refractivity contribution in [3.63, 3.8) is 0 Å². The third-order valence-corrected chi connectivity index (χ3v) is 5.47. The highest BCUT2D eigenvalue weighted by molar-refractivity contribution is 6.62. The molecule has 0 amide bonds. The van der Waals surface area contributed by atoms with E-state index in [4.69, 9.17) is 18.8 Å². The molecule has 144 valence electrons. The van der Waals surface area contributed by atoms with E-state index in [1.807, 2.05) is 24.3 Å². The van der Waals surface area contributed by atoms with Crippen LogP contribution in [-0.4, -0.2) is 32.0 Å². The van der Waals surface area contributed by atoms with Crippen LogP contribution in [0, 0.1) is 0 Å². The first kappa shape index (κ1) is 19.9. The predicted molar refractivity (Wildman–Crippen MR) is 109 cm³/mol. The summed E-state index contributed by atoms with van der Waals surface area (Å²) in [7, 11) is 1.33. The van der Waals surface area contributed by atoms with Gasteiger partial charge in [-0.15, -0.1) is 0 Å². The molecule has 0 radical (unpaired) electrons. The normalized spacial score (nSPS) is 17.9. The third-order valence-electron chi connectivity index (χ3n) is 5.47. The highest BCUT2D eigenvalue weighted by Crippen LogP contribution is 2.36. The molecular weight excluding hydrogens is 339 g/mol. The number of hydrogen-bond acceptors (Lipinski definition) is 4. The quantitative estimate of drug-likeness (QED) is 0.698. The number of methoxy groups -OCH3 is 1. The topological polar surface area (TPSA) is 36.9 Å². The van der Waals surface area contributed by atoms with E-state index in [0.29, 0.717) is 6.61 Å². The van der Waals surface area contributed by atoms with Gasteiger partial charge in [-0.1, -0.05) is 36.4 Å². The largest absolute Gasteiger partial charge is 0.495 e. The van der Waals surface area contributed by atoms with E-state index in [-0.39, 0.29) is 18.3 Å². The Bertz CT molecular complexity index is 739. The molecule has 2 aromatic rings. The van der Waals surface area contributed by atoms with Crippen molar-refractivity contribution in [1.29, 1.82) is 0 Å². The summed E-state index contributed by atoms with van der Waals surface area (Å²) in [4.78, 5) is 0. The minimum atomic E-state index is -0.383. The molecule has 27 heavy (non-hydrogen) atoms. The highest BCUT2D eigenvalue weighted by Gasteiger charge is 2.52. The molecule has 0 aromatic heterocycles. The van der Waals surface area contributed by atoms with Gasteiger partial charge in [-0.25, -0.2) is 0 Å². The van der Waals surface area contributed by atoms with Crippen molar-refractivity contribution in [3.05, 3.63) is 59.7 Å². The van der Waals surface area contributed by atoms with Crippen molar-refractivity contribution in [1.82, 2.24) is 0 Å². The van der Waals surface area contributed by atoms with Gasteiger partial charge in [0.15, 0.2) is 0 Å². The van der Waals surface area contributed by atoms with Crippen LogP contribution in [0.25, 0.3) is 0 Å². The summed E-state index contributed by atoms with van der Waals surface area (Å²) in [6.07, 6.45) is 0.904. The molecule has 0 saturated carbocycles. The second-order valence-corrected chi connectivity index (χ2v) is 7.96. The molecule has 0 atom stereocenters.